The van der Waals surface area contributed by atoms with Gasteiger partial charge in [-0.2, -0.15) is 0 Å². The van der Waals surface area contributed by atoms with E-state index in [1.807, 2.05) is 0 Å². The van der Waals surface area contributed by atoms with Crippen LogP contribution in [0.15, 0.2) is 0 Å². The monoisotopic (exact) mass is 266 g/mol. The molecule has 1 saturated carbocycles. The lowest BCUT2D eigenvalue weighted by atomic mass is 9.82. The summed E-state index contributed by atoms with van der Waals surface area (Å²) in [4.78, 5) is 2.80. The first-order chi connectivity index (χ1) is 9.20. The zero-order valence-electron chi connectivity index (χ0n) is 13.4. The topological polar surface area (TPSA) is 15.3 Å². The zero-order chi connectivity index (χ0) is 13.7. The molecule has 2 atom stereocenters. The van der Waals surface area contributed by atoms with Gasteiger partial charge >= 0.3 is 0 Å². The van der Waals surface area contributed by atoms with Crippen molar-refractivity contribution >= 4 is 0 Å². The predicted molar refractivity (Wildman–Crippen MR) is 83.5 cm³/mol. The highest BCUT2D eigenvalue weighted by molar-refractivity contribution is 4.99. The Morgan fingerprint density at radius 3 is 2.37 bits per heavy atom. The van der Waals surface area contributed by atoms with Crippen LogP contribution < -0.4 is 5.32 Å². The van der Waals surface area contributed by atoms with Gasteiger partial charge in [0.15, 0.2) is 0 Å². The largest absolute Gasteiger partial charge is 0.312 e. The van der Waals surface area contributed by atoms with Gasteiger partial charge in [-0.25, -0.2) is 0 Å². The minimum absolute atomic E-state index is 0.373. The van der Waals surface area contributed by atoms with E-state index in [0.29, 0.717) is 11.6 Å². The van der Waals surface area contributed by atoms with Crippen molar-refractivity contribution in [3.63, 3.8) is 0 Å². The van der Waals surface area contributed by atoms with Gasteiger partial charge in [0.05, 0.1) is 0 Å². The second-order valence-electron chi connectivity index (χ2n) is 6.94. The highest BCUT2D eigenvalue weighted by Crippen LogP contribution is 2.38. The van der Waals surface area contributed by atoms with Gasteiger partial charge < -0.3 is 5.32 Å². The standard InChI is InChI=1S/C17H34N2/c1-4-11-18-16(14-15-9-10-15)17(3,5-2)19-12-7-6-8-13-19/h15-16,18H,4-14H2,1-3H3. The number of rotatable bonds is 8. The van der Waals surface area contributed by atoms with Crippen molar-refractivity contribution in [1.82, 2.24) is 10.2 Å². The maximum absolute atomic E-state index is 3.89. The van der Waals surface area contributed by atoms with Crippen molar-refractivity contribution in [2.45, 2.75) is 83.7 Å². The van der Waals surface area contributed by atoms with Gasteiger partial charge in [-0.15, -0.1) is 0 Å². The van der Waals surface area contributed by atoms with Gasteiger partial charge in [-0.1, -0.05) is 33.1 Å². The molecule has 2 aliphatic rings. The van der Waals surface area contributed by atoms with Crippen LogP contribution in [0.5, 0.6) is 0 Å². The fourth-order valence-electron chi connectivity index (χ4n) is 3.66. The van der Waals surface area contributed by atoms with Gasteiger partial charge in [0.25, 0.3) is 0 Å². The third-order valence-corrected chi connectivity index (χ3v) is 5.45. The molecule has 0 amide bonds. The SMILES string of the molecule is CCCNC(CC1CC1)C(C)(CC)N1CCCCC1. The van der Waals surface area contributed by atoms with Crippen LogP contribution in [0.1, 0.15) is 72.1 Å². The van der Waals surface area contributed by atoms with E-state index in [1.54, 1.807) is 0 Å². The van der Waals surface area contributed by atoms with Crippen LogP contribution in [-0.4, -0.2) is 36.1 Å². The molecule has 2 nitrogen and oxygen atoms in total. The van der Waals surface area contributed by atoms with E-state index < -0.39 is 0 Å². The summed E-state index contributed by atoms with van der Waals surface area (Å²) in [6, 6.07) is 0.697. The highest BCUT2D eigenvalue weighted by Gasteiger charge is 2.40. The van der Waals surface area contributed by atoms with Crippen LogP contribution in [0, 0.1) is 5.92 Å². The van der Waals surface area contributed by atoms with Crippen LogP contribution in [-0.2, 0) is 0 Å². The normalized spacial score (nSPS) is 26.1. The molecule has 0 aromatic carbocycles. The first-order valence-corrected chi connectivity index (χ1v) is 8.69. The predicted octanol–water partition coefficient (Wildman–Crippen LogP) is 3.81. The quantitative estimate of drug-likeness (QED) is 0.718. The molecule has 0 aromatic heterocycles. The third-order valence-electron chi connectivity index (χ3n) is 5.45. The number of hydrogen-bond donors (Lipinski definition) is 1. The summed E-state index contributed by atoms with van der Waals surface area (Å²) in [6.45, 7) is 11.0. The zero-order valence-corrected chi connectivity index (χ0v) is 13.4. The average molecular weight is 266 g/mol. The van der Waals surface area contributed by atoms with E-state index in [0.717, 1.165) is 5.92 Å². The maximum atomic E-state index is 3.89. The molecule has 0 radical (unpaired) electrons. The molecular formula is C17H34N2. The Bertz CT molecular complexity index is 256. The third kappa shape index (κ3) is 3.95. The lowest BCUT2D eigenvalue weighted by molar-refractivity contribution is 0.0385. The molecule has 0 aromatic rings. The van der Waals surface area contributed by atoms with Crippen molar-refractivity contribution in [2.24, 2.45) is 5.92 Å². The van der Waals surface area contributed by atoms with Crippen molar-refractivity contribution in [2.75, 3.05) is 19.6 Å². The van der Waals surface area contributed by atoms with Gasteiger partial charge in [0.1, 0.15) is 0 Å². The summed E-state index contributed by atoms with van der Waals surface area (Å²) in [5.41, 5.74) is 0.373. The molecule has 2 heteroatoms. The van der Waals surface area contributed by atoms with E-state index in [4.69, 9.17) is 0 Å². The minimum Gasteiger partial charge on any atom is -0.312 e. The summed E-state index contributed by atoms with van der Waals surface area (Å²) in [5, 5.41) is 3.89. The van der Waals surface area contributed by atoms with Crippen LogP contribution in [0.4, 0.5) is 0 Å². The number of nitrogens with one attached hydrogen (secondary N) is 1. The molecular weight excluding hydrogens is 232 g/mol. The summed E-state index contributed by atoms with van der Waals surface area (Å²) in [7, 11) is 0. The number of nitrogens with zero attached hydrogens (tertiary/aromatic N) is 1. The Kier molecular flexibility index (Phi) is 5.70. The molecule has 2 fully saturated rings. The fraction of sp³-hybridized carbons (Fsp3) is 1.00. The van der Waals surface area contributed by atoms with Crippen LogP contribution in [0.25, 0.3) is 0 Å². The Labute approximate surface area is 120 Å². The number of hydrogen-bond acceptors (Lipinski definition) is 2. The molecule has 1 saturated heterocycles. The molecule has 2 unspecified atom stereocenters. The van der Waals surface area contributed by atoms with Crippen molar-refractivity contribution in [3.8, 4) is 0 Å². The highest BCUT2D eigenvalue weighted by atomic mass is 15.2. The van der Waals surface area contributed by atoms with Crippen LogP contribution >= 0.6 is 0 Å². The van der Waals surface area contributed by atoms with Gasteiger partial charge in [0.2, 0.25) is 0 Å². The molecule has 1 N–H and O–H groups in total. The van der Waals surface area contributed by atoms with Crippen LogP contribution in [0.3, 0.4) is 0 Å². The van der Waals surface area contributed by atoms with Crippen molar-refractivity contribution in [1.29, 1.82) is 0 Å². The van der Waals surface area contributed by atoms with Gasteiger partial charge in [0, 0.05) is 11.6 Å². The Hall–Kier alpha value is -0.0800. The van der Waals surface area contributed by atoms with E-state index in [1.165, 1.54) is 71.0 Å². The number of likely N-dealkylation sites (tertiary alicyclic amines) is 1. The maximum Gasteiger partial charge on any atom is 0.0331 e. The smallest absolute Gasteiger partial charge is 0.0331 e. The second-order valence-corrected chi connectivity index (χ2v) is 6.94. The Morgan fingerprint density at radius 2 is 1.84 bits per heavy atom. The summed E-state index contributed by atoms with van der Waals surface area (Å²) in [5.74, 6) is 1.02. The molecule has 1 aliphatic carbocycles. The molecule has 1 heterocycles. The molecule has 2 rings (SSSR count). The van der Waals surface area contributed by atoms with Gasteiger partial charge in [-0.05, 0) is 64.6 Å². The molecule has 19 heavy (non-hydrogen) atoms. The lowest BCUT2D eigenvalue weighted by Gasteiger charge is -2.48. The summed E-state index contributed by atoms with van der Waals surface area (Å²) < 4.78 is 0. The van der Waals surface area contributed by atoms with Gasteiger partial charge in [-0.3, -0.25) is 4.90 Å². The second kappa shape index (κ2) is 7.08. The molecule has 0 bridgehead atoms. The first kappa shape index (κ1) is 15.3. The molecule has 112 valence electrons. The van der Waals surface area contributed by atoms with Crippen molar-refractivity contribution < 1.29 is 0 Å². The Morgan fingerprint density at radius 1 is 1.16 bits per heavy atom. The van der Waals surface area contributed by atoms with E-state index in [-0.39, 0.29) is 0 Å². The number of piperidine rings is 1. The lowest BCUT2D eigenvalue weighted by Crippen LogP contribution is -2.60. The molecule has 1 aliphatic heterocycles. The van der Waals surface area contributed by atoms with E-state index in [2.05, 4.69) is 31.0 Å². The fourth-order valence-corrected chi connectivity index (χ4v) is 3.66. The minimum atomic E-state index is 0.373. The van der Waals surface area contributed by atoms with E-state index in [9.17, 15) is 0 Å². The summed E-state index contributed by atoms with van der Waals surface area (Å²) >= 11 is 0. The average Bonchev–Trinajstić information content (AvgIpc) is 3.27. The molecule has 0 spiro atoms. The van der Waals surface area contributed by atoms with Crippen LogP contribution in [0.2, 0.25) is 0 Å². The Balaban J connectivity index is 2.02. The summed E-state index contributed by atoms with van der Waals surface area (Å²) in [6.07, 6.45) is 11.1. The van der Waals surface area contributed by atoms with E-state index >= 15 is 0 Å². The first-order valence-electron chi connectivity index (χ1n) is 8.69. The van der Waals surface area contributed by atoms with Crippen molar-refractivity contribution in [3.05, 3.63) is 0 Å².